The maximum atomic E-state index is 13.6. The summed E-state index contributed by atoms with van der Waals surface area (Å²) in [5.74, 6) is -1.08. The van der Waals surface area contributed by atoms with Gasteiger partial charge in [0.1, 0.15) is 11.6 Å². The van der Waals surface area contributed by atoms with Gasteiger partial charge in [0, 0.05) is 32.2 Å². The molecule has 3 aromatic rings. The molecule has 1 saturated heterocycles. The molecule has 0 amide bonds. The topological polar surface area (TPSA) is 43.8 Å². The predicted octanol–water partition coefficient (Wildman–Crippen LogP) is 6.08. The van der Waals surface area contributed by atoms with Crippen LogP contribution < -0.4 is 4.90 Å². The fourth-order valence-electron chi connectivity index (χ4n) is 5.20. The molecule has 1 aliphatic rings. The number of benzene rings is 3. The van der Waals surface area contributed by atoms with Crippen LogP contribution in [0, 0.1) is 24.5 Å². The van der Waals surface area contributed by atoms with E-state index in [1.807, 2.05) is 56.3 Å². The van der Waals surface area contributed by atoms with Crippen LogP contribution in [-0.2, 0) is 6.54 Å². The second-order valence-corrected chi connectivity index (χ2v) is 9.68. The summed E-state index contributed by atoms with van der Waals surface area (Å²) < 4.78 is 27.2. The minimum Gasteiger partial charge on any atom is -0.478 e. The molecule has 0 spiro atoms. The Labute approximate surface area is 205 Å². The smallest absolute Gasteiger partial charge is 0.336 e. The highest BCUT2D eigenvalue weighted by Crippen LogP contribution is 2.38. The molecule has 184 valence electrons. The Morgan fingerprint density at radius 1 is 0.971 bits per heavy atom. The molecule has 6 heteroatoms. The fourth-order valence-corrected chi connectivity index (χ4v) is 5.20. The van der Waals surface area contributed by atoms with Crippen LogP contribution in [0.25, 0.3) is 0 Å². The fraction of sp³-hybridized carbons (Fsp3) is 0.345. The number of aryl methyl sites for hydroxylation is 1. The minimum absolute atomic E-state index is 0.0500. The molecule has 0 bridgehead atoms. The summed E-state index contributed by atoms with van der Waals surface area (Å²) in [4.78, 5) is 16.2. The molecule has 1 fully saturated rings. The van der Waals surface area contributed by atoms with Crippen LogP contribution in [-0.4, -0.2) is 43.2 Å². The normalized spacial score (nSPS) is 14.9. The van der Waals surface area contributed by atoms with Gasteiger partial charge in [-0.3, -0.25) is 4.90 Å². The van der Waals surface area contributed by atoms with E-state index in [0.717, 1.165) is 53.9 Å². The largest absolute Gasteiger partial charge is 0.478 e. The van der Waals surface area contributed by atoms with Gasteiger partial charge in [0.25, 0.3) is 0 Å². The second kappa shape index (κ2) is 10.6. The molecule has 35 heavy (non-hydrogen) atoms. The summed E-state index contributed by atoms with van der Waals surface area (Å²) >= 11 is 0. The number of aromatic carboxylic acids is 1. The maximum absolute atomic E-state index is 13.6. The average Bonchev–Trinajstić information content (AvgIpc) is 2.83. The summed E-state index contributed by atoms with van der Waals surface area (Å²) in [7, 11) is 3.81. The lowest BCUT2D eigenvalue weighted by Gasteiger charge is -2.37. The zero-order chi connectivity index (χ0) is 25.1. The van der Waals surface area contributed by atoms with E-state index < -0.39 is 5.97 Å². The number of anilines is 1. The summed E-state index contributed by atoms with van der Waals surface area (Å²) in [5.41, 5.74) is 5.12. The van der Waals surface area contributed by atoms with E-state index in [-0.39, 0.29) is 17.6 Å². The van der Waals surface area contributed by atoms with Gasteiger partial charge in [-0.1, -0.05) is 24.3 Å². The molecule has 0 radical (unpaired) electrons. The van der Waals surface area contributed by atoms with Gasteiger partial charge in [-0.2, -0.15) is 0 Å². The van der Waals surface area contributed by atoms with E-state index in [4.69, 9.17) is 0 Å². The molecule has 1 heterocycles. The summed E-state index contributed by atoms with van der Waals surface area (Å²) in [6.07, 6.45) is 1.83. The van der Waals surface area contributed by atoms with Crippen molar-refractivity contribution in [3.8, 4) is 0 Å². The number of hydrogen-bond donors (Lipinski definition) is 1. The monoisotopic (exact) mass is 478 g/mol. The number of likely N-dealkylation sites (tertiary alicyclic amines) is 1. The highest BCUT2D eigenvalue weighted by Gasteiger charge is 2.30. The van der Waals surface area contributed by atoms with Crippen LogP contribution in [0.5, 0.6) is 0 Å². The van der Waals surface area contributed by atoms with Crippen molar-refractivity contribution in [1.29, 1.82) is 0 Å². The highest BCUT2D eigenvalue weighted by molar-refractivity contribution is 5.91. The van der Waals surface area contributed by atoms with E-state index in [2.05, 4.69) is 4.90 Å². The van der Waals surface area contributed by atoms with E-state index in [1.165, 1.54) is 24.3 Å². The number of hydrogen-bond acceptors (Lipinski definition) is 3. The number of nitrogens with zero attached hydrogens (tertiary/aromatic N) is 2. The Kier molecular flexibility index (Phi) is 7.51. The zero-order valence-electron chi connectivity index (χ0n) is 20.5. The van der Waals surface area contributed by atoms with Crippen molar-refractivity contribution < 1.29 is 18.7 Å². The Morgan fingerprint density at radius 3 is 1.94 bits per heavy atom. The van der Waals surface area contributed by atoms with Gasteiger partial charge in [0.2, 0.25) is 0 Å². The standard InChI is InChI=1S/C29H32F2N2O2/c1-19-16-25(32(2)3)17-26(29(34)35)27(19)18-33-14-12-22(13-15-33)28(20-4-8-23(30)9-5-20)21-6-10-24(31)11-7-21/h4-11,16-17,22,28H,12-15,18H2,1-3H3,(H,34,35). The van der Waals surface area contributed by atoms with Crippen molar-refractivity contribution in [2.45, 2.75) is 32.2 Å². The summed E-state index contributed by atoms with van der Waals surface area (Å²) in [6, 6.07) is 17.0. The van der Waals surface area contributed by atoms with Crippen molar-refractivity contribution >= 4 is 11.7 Å². The summed E-state index contributed by atoms with van der Waals surface area (Å²) in [6.45, 7) is 4.22. The number of rotatable bonds is 7. The molecule has 1 aliphatic heterocycles. The van der Waals surface area contributed by atoms with Crippen molar-refractivity contribution in [2.75, 3.05) is 32.1 Å². The minimum atomic E-state index is -0.908. The van der Waals surface area contributed by atoms with Crippen LogP contribution in [0.4, 0.5) is 14.5 Å². The molecule has 0 aliphatic carbocycles. The van der Waals surface area contributed by atoms with Crippen molar-refractivity contribution in [1.82, 2.24) is 4.90 Å². The van der Waals surface area contributed by atoms with Gasteiger partial charge in [0.15, 0.2) is 0 Å². The van der Waals surface area contributed by atoms with Crippen LogP contribution in [0.1, 0.15) is 51.4 Å². The van der Waals surface area contributed by atoms with E-state index >= 15 is 0 Å². The van der Waals surface area contributed by atoms with Crippen molar-refractivity contribution in [3.63, 3.8) is 0 Å². The second-order valence-electron chi connectivity index (χ2n) is 9.68. The van der Waals surface area contributed by atoms with Gasteiger partial charge in [0.05, 0.1) is 5.56 Å². The quantitative estimate of drug-likeness (QED) is 0.447. The van der Waals surface area contributed by atoms with Gasteiger partial charge < -0.3 is 10.0 Å². The van der Waals surface area contributed by atoms with Gasteiger partial charge in [-0.15, -0.1) is 0 Å². The first kappa shape index (κ1) is 24.9. The van der Waals surface area contributed by atoms with Gasteiger partial charge >= 0.3 is 5.97 Å². The molecule has 0 aromatic heterocycles. The van der Waals surface area contributed by atoms with Gasteiger partial charge in [-0.05, 0) is 97.4 Å². The Bertz CT molecular complexity index is 1120. The third kappa shape index (κ3) is 5.70. The van der Waals surface area contributed by atoms with E-state index in [9.17, 15) is 18.7 Å². The Hall–Kier alpha value is -3.25. The van der Waals surface area contributed by atoms with Crippen LogP contribution in [0.3, 0.4) is 0 Å². The number of carboxylic acids is 1. The van der Waals surface area contributed by atoms with Crippen LogP contribution in [0.15, 0.2) is 60.7 Å². The van der Waals surface area contributed by atoms with Crippen molar-refractivity contribution in [3.05, 3.63) is 100 Å². The number of piperidine rings is 1. The average molecular weight is 479 g/mol. The lowest BCUT2D eigenvalue weighted by Crippen LogP contribution is -2.36. The first-order chi connectivity index (χ1) is 16.7. The molecule has 0 saturated carbocycles. The first-order valence-electron chi connectivity index (χ1n) is 12.0. The number of carbonyl (C=O) groups is 1. The molecule has 1 N–H and O–H groups in total. The third-order valence-corrected chi connectivity index (χ3v) is 7.15. The Balaban J connectivity index is 1.53. The van der Waals surface area contributed by atoms with Crippen LogP contribution in [0.2, 0.25) is 0 Å². The predicted molar refractivity (Wildman–Crippen MR) is 135 cm³/mol. The Morgan fingerprint density at radius 2 is 1.49 bits per heavy atom. The van der Waals surface area contributed by atoms with Crippen LogP contribution >= 0.6 is 0 Å². The van der Waals surface area contributed by atoms with Crippen molar-refractivity contribution in [2.24, 2.45) is 5.92 Å². The summed E-state index contributed by atoms with van der Waals surface area (Å²) in [5, 5.41) is 9.84. The number of halogens is 2. The lowest BCUT2D eigenvalue weighted by molar-refractivity contribution is 0.0693. The molecular formula is C29H32F2N2O2. The highest BCUT2D eigenvalue weighted by atomic mass is 19.1. The first-order valence-corrected chi connectivity index (χ1v) is 12.0. The molecule has 0 unspecified atom stereocenters. The SMILES string of the molecule is Cc1cc(N(C)C)cc(C(=O)O)c1CN1CCC(C(c2ccc(F)cc2)c2ccc(F)cc2)CC1. The molecule has 4 nitrogen and oxygen atoms in total. The lowest BCUT2D eigenvalue weighted by atomic mass is 9.76. The number of carboxylic acid groups (broad SMARTS) is 1. The third-order valence-electron chi connectivity index (χ3n) is 7.15. The molecule has 4 rings (SSSR count). The zero-order valence-corrected chi connectivity index (χ0v) is 20.5. The van der Waals surface area contributed by atoms with E-state index in [1.54, 1.807) is 6.07 Å². The molecular weight excluding hydrogens is 446 g/mol. The van der Waals surface area contributed by atoms with Gasteiger partial charge in [-0.25, -0.2) is 13.6 Å². The molecule has 0 atom stereocenters. The molecule has 3 aromatic carbocycles. The van der Waals surface area contributed by atoms with E-state index in [0.29, 0.717) is 18.0 Å². The maximum Gasteiger partial charge on any atom is 0.336 e.